The summed E-state index contributed by atoms with van der Waals surface area (Å²) in [6.45, 7) is 0.393. The number of benzene rings is 2. The average molecular weight is 524 g/mol. The van der Waals surface area contributed by atoms with Crippen LogP contribution in [-0.2, 0) is 27.0 Å². The first kappa shape index (κ1) is 27.0. The zero-order chi connectivity index (χ0) is 26.3. The van der Waals surface area contributed by atoms with Gasteiger partial charge in [0.2, 0.25) is 5.91 Å². The zero-order valence-electron chi connectivity index (χ0n) is 19.3. The number of hydrogen-bond acceptors (Lipinski definition) is 6. The molecule has 0 saturated carbocycles. The van der Waals surface area contributed by atoms with Crippen LogP contribution >= 0.6 is 11.6 Å². The van der Waals surface area contributed by atoms with E-state index >= 15 is 0 Å². The highest BCUT2D eigenvalue weighted by Gasteiger charge is 2.44. The fraction of sp³-hybridized carbons (Fsp3) is 0.292. The summed E-state index contributed by atoms with van der Waals surface area (Å²) < 4.78 is 45.3. The highest BCUT2D eigenvalue weighted by Crippen LogP contribution is 2.37. The van der Waals surface area contributed by atoms with E-state index < -0.39 is 29.1 Å². The van der Waals surface area contributed by atoms with Gasteiger partial charge in [0, 0.05) is 49.7 Å². The van der Waals surface area contributed by atoms with Gasteiger partial charge < -0.3 is 31.4 Å². The summed E-state index contributed by atoms with van der Waals surface area (Å²) in [5.74, 6) is -1.03. The van der Waals surface area contributed by atoms with E-state index in [-0.39, 0.29) is 42.5 Å². The van der Waals surface area contributed by atoms with Crippen molar-refractivity contribution in [1.29, 1.82) is 5.41 Å². The highest BCUT2D eigenvalue weighted by atomic mass is 35.5. The lowest BCUT2D eigenvalue weighted by atomic mass is 9.96. The van der Waals surface area contributed by atoms with E-state index in [0.717, 1.165) is 12.3 Å². The Hall–Kier alpha value is -3.57. The third-order valence-corrected chi connectivity index (χ3v) is 5.73. The van der Waals surface area contributed by atoms with Gasteiger partial charge in [0.15, 0.2) is 0 Å². The number of carbonyl (C=O) groups excluding carboxylic acids is 2. The second kappa shape index (κ2) is 11.4. The predicted octanol–water partition coefficient (Wildman–Crippen LogP) is 3.75. The summed E-state index contributed by atoms with van der Waals surface area (Å²) in [6, 6.07) is 9.97. The van der Waals surface area contributed by atoms with E-state index in [1.807, 2.05) is 0 Å². The molecule has 12 heteroatoms. The van der Waals surface area contributed by atoms with Crippen LogP contribution in [0.15, 0.2) is 54.2 Å². The summed E-state index contributed by atoms with van der Waals surface area (Å²) in [6.07, 6.45) is -2.08. The van der Waals surface area contributed by atoms with Crippen LogP contribution in [0, 0.1) is 5.41 Å². The maximum atomic E-state index is 13.3. The van der Waals surface area contributed by atoms with Crippen LogP contribution in [0.2, 0.25) is 5.02 Å². The maximum Gasteiger partial charge on any atom is 0.418 e. The topological polar surface area (TPSA) is 115 Å². The van der Waals surface area contributed by atoms with E-state index in [0.29, 0.717) is 11.3 Å². The molecule has 1 heterocycles. The summed E-state index contributed by atoms with van der Waals surface area (Å²) in [7, 11) is 1.59. The van der Waals surface area contributed by atoms with E-state index in [1.54, 1.807) is 31.3 Å². The Balaban J connectivity index is 1.66. The van der Waals surface area contributed by atoms with Gasteiger partial charge in [-0.2, -0.15) is 13.2 Å². The Morgan fingerprint density at radius 2 is 1.92 bits per heavy atom. The molecule has 2 aromatic carbocycles. The van der Waals surface area contributed by atoms with Crippen molar-refractivity contribution in [1.82, 2.24) is 16.0 Å². The molecule has 1 saturated heterocycles. The fourth-order valence-corrected chi connectivity index (χ4v) is 3.76. The van der Waals surface area contributed by atoms with Crippen LogP contribution in [0.1, 0.15) is 17.5 Å². The minimum absolute atomic E-state index is 0.0130. The lowest BCUT2D eigenvalue weighted by Gasteiger charge is -2.27. The van der Waals surface area contributed by atoms with Crippen molar-refractivity contribution in [2.45, 2.75) is 24.7 Å². The van der Waals surface area contributed by atoms with Crippen LogP contribution in [0.25, 0.3) is 0 Å². The number of hydrogen-bond donors (Lipinski definition) is 5. The second-order valence-electron chi connectivity index (χ2n) is 8.06. The number of nitrogens with one attached hydrogen (secondary N) is 5. The quantitative estimate of drug-likeness (QED) is 0.254. The van der Waals surface area contributed by atoms with Gasteiger partial charge in [-0.3, -0.25) is 9.59 Å². The minimum Gasteiger partial charge on any atom is -0.393 e. The van der Waals surface area contributed by atoms with Crippen LogP contribution in [0.5, 0.6) is 0 Å². The third kappa shape index (κ3) is 6.55. The van der Waals surface area contributed by atoms with Crippen molar-refractivity contribution < 1.29 is 27.5 Å². The highest BCUT2D eigenvalue weighted by molar-refractivity contribution is 6.30. The van der Waals surface area contributed by atoms with E-state index in [2.05, 4.69) is 21.3 Å². The molecule has 5 N–H and O–H groups in total. The lowest BCUT2D eigenvalue weighted by Crippen LogP contribution is -2.59. The molecule has 36 heavy (non-hydrogen) atoms. The number of carbonyl (C=O) groups is 2. The van der Waals surface area contributed by atoms with E-state index in [1.165, 1.54) is 18.3 Å². The van der Waals surface area contributed by atoms with Crippen molar-refractivity contribution in [3.63, 3.8) is 0 Å². The molecule has 2 aromatic rings. The fourth-order valence-electron chi connectivity index (χ4n) is 3.59. The Kier molecular flexibility index (Phi) is 8.59. The lowest BCUT2D eigenvalue weighted by molar-refractivity contribution is -0.137. The third-order valence-electron chi connectivity index (χ3n) is 5.50. The molecule has 1 fully saturated rings. The molecular weight excluding hydrogens is 499 g/mol. The van der Waals surface area contributed by atoms with Crippen molar-refractivity contribution in [3.8, 4) is 0 Å². The molecule has 0 aliphatic carbocycles. The summed E-state index contributed by atoms with van der Waals surface area (Å²) in [5, 5.41) is 18.2. The Morgan fingerprint density at radius 1 is 1.19 bits per heavy atom. The van der Waals surface area contributed by atoms with Gasteiger partial charge in [0.1, 0.15) is 5.54 Å². The normalized spacial score (nSPS) is 17.9. The molecule has 0 spiro atoms. The SMILES string of the molecule is CN/C=C(\C=N)C(=O)N[C@@]1(C(=O)NCc2ccc(Nc3ccc(Cl)cc3C(F)(F)F)cc2)CCOC1. The molecule has 8 nitrogen and oxygen atoms in total. The van der Waals surface area contributed by atoms with Crippen LogP contribution in [-0.4, -0.2) is 43.8 Å². The first-order chi connectivity index (χ1) is 17.1. The Labute approximate surface area is 210 Å². The van der Waals surface area contributed by atoms with E-state index in [9.17, 15) is 22.8 Å². The molecule has 0 unspecified atom stereocenters. The molecule has 0 radical (unpaired) electrons. The van der Waals surface area contributed by atoms with Crippen LogP contribution in [0.3, 0.4) is 0 Å². The summed E-state index contributed by atoms with van der Waals surface area (Å²) in [4.78, 5) is 25.5. The Morgan fingerprint density at radius 3 is 2.50 bits per heavy atom. The maximum absolute atomic E-state index is 13.3. The summed E-state index contributed by atoms with van der Waals surface area (Å²) in [5.41, 5.74) is -1.14. The van der Waals surface area contributed by atoms with Crippen molar-refractivity contribution in [3.05, 3.63) is 70.4 Å². The number of halogens is 4. The average Bonchev–Trinajstić information content (AvgIpc) is 3.32. The second-order valence-corrected chi connectivity index (χ2v) is 8.50. The van der Waals surface area contributed by atoms with Crippen LogP contribution in [0.4, 0.5) is 24.5 Å². The zero-order valence-corrected chi connectivity index (χ0v) is 20.0. The molecule has 1 aliphatic heterocycles. The first-order valence-corrected chi connectivity index (χ1v) is 11.2. The van der Waals surface area contributed by atoms with Gasteiger partial charge in [0.05, 0.1) is 23.4 Å². The van der Waals surface area contributed by atoms with Gasteiger partial charge in [0.25, 0.3) is 5.91 Å². The van der Waals surface area contributed by atoms with Crippen molar-refractivity contribution >= 4 is 41.0 Å². The minimum atomic E-state index is -4.57. The van der Waals surface area contributed by atoms with Gasteiger partial charge in [-0.15, -0.1) is 0 Å². The molecule has 3 rings (SSSR count). The monoisotopic (exact) mass is 523 g/mol. The first-order valence-electron chi connectivity index (χ1n) is 10.9. The number of alkyl halides is 3. The summed E-state index contributed by atoms with van der Waals surface area (Å²) >= 11 is 5.72. The predicted molar refractivity (Wildman–Crippen MR) is 130 cm³/mol. The number of anilines is 2. The van der Waals surface area contributed by atoms with E-state index in [4.69, 9.17) is 21.7 Å². The molecule has 0 bridgehead atoms. The van der Waals surface area contributed by atoms with Gasteiger partial charge in [-0.05, 0) is 35.9 Å². The molecule has 1 atom stereocenters. The van der Waals surface area contributed by atoms with Crippen molar-refractivity contribution in [2.24, 2.45) is 0 Å². The molecule has 0 aromatic heterocycles. The van der Waals surface area contributed by atoms with Gasteiger partial charge >= 0.3 is 6.18 Å². The van der Waals surface area contributed by atoms with Gasteiger partial charge in [-0.25, -0.2) is 0 Å². The van der Waals surface area contributed by atoms with Crippen LogP contribution < -0.4 is 21.3 Å². The number of amides is 2. The molecule has 2 amide bonds. The van der Waals surface area contributed by atoms with Gasteiger partial charge in [-0.1, -0.05) is 23.7 Å². The largest absolute Gasteiger partial charge is 0.418 e. The Bertz CT molecular complexity index is 1150. The molecular formula is C24H25ClF3N5O3. The number of ether oxygens (including phenoxy) is 1. The molecule has 192 valence electrons. The molecule has 1 aliphatic rings. The van der Waals surface area contributed by atoms with Crippen molar-refractivity contribution in [2.75, 3.05) is 25.6 Å². The standard InChI is InChI=1S/C24H25ClF3N5O3/c1-30-13-16(11-29)21(34)33-23(8-9-36-14-23)22(35)31-12-15-2-5-18(6-3-15)32-20-7-4-17(25)10-19(20)24(26,27)28/h2-7,10-11,13,29-30,32H,8-9,12,14H2,1H3,(H,31,35)(H,33,34)/b16-13+,29-11?/t23-/m0/s1. The number of rotatable bonds is 9. The smallest absolute Gasteiger partial charge is 0.393 e.